The zero-order valence-corrected chi connectivity index (χ0v) is 16.3. The molecular weight excluding hydrogens is 372 g/mol. The molecule has 1 aliphatic heterocycles. The number of carbonyl (C=O) groups excluding carboxylic acids is 1. The molecule has 6 nitrogen and oxygen atoms in total. The number of carbonyl (C=O) groups is 1. The van der Waals surface area contributed by atoms with Gasteiger partial charge >= 0.3 is 0 Å². The lowest BCUT2D eigenvalue weighted by atomic mass is 10.2. The summed E-state index contributed by atoms with van der Waals surface area (Å²) in [6.07, 6.45) is 3.29. The average Bonchev–Trinajstić information content (AvgIpc) is 3.22. The number of ether oxygens (including phenoxy) is 1. The van der Waals surface area contributed by atoms with Crippen LogP contribution in [0.3, 0.4) is 0 Å². The molecule has 4 rings (SSSR count). The molecule has 0 unspecified atom stereocenters. The molecule has 0 radical (unpaired) electrons. The van der Waals surface area contributed by atoms with E-state index < -0.39 is 0 Å². The van der Waals surface area contributed by atoms with Crippen LogP contribution >= 0.6 is 11.3 Å². The maximum Gasteiger partial charge on any atom is 0.260 e. The first kappa shape index (κ1) is 18.6. The van der Waals surface area contributed by atoms with Gasteiger partial charge < -0.3 is 9.64 Å². The van der Waals surface area contributed by atoms with Crippen molar-refractivity contribution >= 4 is 17.2 Å². The molecule has 3 heterocycles. The number of pyridine rings is 1. The van der Waals surface area contributed by atoms with Crippen molar-refractivity contribution in [1.82, 2.24) is 19.8 Å². The largest absolute Gasteiger partial charge is 0.482 e. The van der Waals surface area contributed by atoms with Gasteiger partial charge in [-0.3, -0.25) is 14.7 Å². The predicted molar refractivity (Wildman–Crippen MR) is 109 cm³/mol. The lowest BCUT2D eigenvalue weighted by Crippen LogP contribution is -2.49. The van der Waals surface area contributed by atoms with Crippen molar-refractivity contribution in [3.05, 3.63) is 65.2 Å². The topological polar surface area (TPSA) is 58.6 Å². The first-order valence-electron chi connectivity index (χ1n) is 9.31. The zero-order chi connectivity index (χ0) is 19.2. The van der Waals surface area contributed by atoms with Crippen LogP contribution in [0.5, 0.6) is 5.75 Å². The summed E-state index contributed by atoms with van der Waals surface area (Å²) in [7, 11) is 0. The molecule has 0 saturated carbocycles. The Balaban J connectivity index is 1.24. The van der Waals surface area contributed by atoms with Gasteiger partial charge in [0.1, 0.15) is 10.8 Å². The van der Waals surface area contributed by atoms with E-state index in [0.717, 1.165) is 35.9 Å². The molecule has 0 atom stereocenters. The minimum atomic E-state index is 0.0177. The van der Waals surface area contributed by atoms with Crippen LogP contribution in [0.1, 0.15) is 5.01 Å². The van der Waals surface area contributed by atoms with E-state index in [-0.39, 0.29) is 12.5 Å². The van der Waals surface area contributed by atoms with Crippen LogP contribution in [-0.4, -0.2) is 58.5 Å². The Bertz CT molecular complexity index is 893. The van der Waals surface area contributed by atoms with Gasteiger partial charge in [0.15, 0.2) is 6.61 Å². The van der Waals surface area contributed by atoms with Gasteiger partial charge in [-0.1, -0.05) is 30.3 Å². The average molecular weight is 395 g/mol. The van der Waals surface area contributed by atoms with Crippen LogP contribution in [0.2, 0.25) is 0 Å². The molecule has 2 aromatic heterocycles. The summed E-state index contributed by atoms with van der Waals surface area (Å²) in [6.45, 7) is 4.00. The summed E-state index contributed by atoms with van der Waals surface area (Å²) in [5.41, 5.74) is 2.18. The van der Waals surface area contributed by atoms with Crippen molar-refractivity contribution in [3.8, 4) is 17.0 Å². The highest BCUT2D eigenvalue weighted by atomic mass is 32.1. The van der Waals surface area contributed by atoms with Crippen LogP contribution in [0.25, 0.3) is 11.3 Å². The number of piperazine rings is 1. The van der Waals surface area contributed by atoms with Crippen LogP contribution < -0.4 is 4.74 Å². The summed E-state index contributed by atoms with van der Waals surface area (Å²) in [5, 5.41) is 3.22. The molecule has 0 N–H and O–H groups in total. The Morgan fingerprint density at radius 3 is 2.64 bits per heavy atom. The number of hydrogen-bond acceptors (Lipinski definition) is 6. The third-order valence-corrected chi connectivity index (χ3v) is 5.54. The molecule has 1 aliphatic rings. The summed E-state index contributed by atoms with van der Waals surface area (Å²) in [5.74, 6) is 0.636. The minimum absolute atomic E-state index is 0.0177. The Labute approximate surface area is 168 Å². The second-order valence-corrected chi connectivity index (χ2v) is 7.57. The number of benzene rings is 1. The van der Waals surface area contributed by atoms with Crippen molar-refractivity contribution in [2.24, 2.45) is 0 Å². The van der Waals surface area contributed by atoms with Crippen molar-refractivity contribution in [1.29, 1.82) is 0 Å². The second kappa shape index (κ2) is 8.95. The first-order chi connectivity index (χ1) is 13.8. The smallest absolute Gasteiger partial charge is 0.260 e. The Morgan fingerprint density at radius 2 is 1.89 bits per heavy atom. The summed E-state index contributed by atoms with van der Waals surface area (Å²) < 4.78 is 5.51. The van der Waals surface area contributed by atoms with Crippen LogP contribution in [0.15, 0.2) is 60.2 Å². The molecule has 1 saturated heterocycles. The van der Waals surface area contributed by atoms with Gasteiger partial charge in [0.2, 0.25) is 0 Å². The number of thiazole rings is 1. The van der Waals surface area contributed by atoms with Crippen LogP contribution in [0.4, 0.5) is 0 Å². The van der Waals surface area contributed by atoms with Gasteiger partial charge in [0.05, 0.1) is 18.4 Å². The SMILES string of the molecule is O=C(COc1cccnc1)N1CCN(Cc2nc(-c3ccccc3)cs2)CC1. The number of aromatic nitrogens is 2. The van der Waals surface area contributed by atoms with E-state index in [1.807, 2.05) is 23.1 Å². The zero-order valence-electron chi connectivity index (χ0n) is 15.5. The molecule has 3 aromatic rings. The Morgan fingerprint density at radius 1 is 1.07 bits per heavy atom. The molecule has 28 heavy (non-hydrogen) atoms. The van der Waals surface area contributed by atoms with E-state index in [1.165, 1.54) is 0 Å². The molecule has 1 aromatic carbocycles. The van der Waals surface area contributed by atoms with Crippen molar-refractivity contribution in [2.45, 2.75) is 6.54 Å². The highest BCUT2D eigenvalue weighted by Gasteiger charge is 2.22. The standard InChI is InChI=1S/C21H22N4O2S/c26-21(15-27-18-7-4-8-22-13-18)25-11-9-24(10-12-25)14-20-23-19(16-28-20)17-5-2-1-3-6-17/h1-8,13,16H,9-12,14-15H2. The molecule has 0 spiro atoms. The normalized spacial score (nSPS) is 14.8. The molecule has 0 aliphatic carbocycles. The van der Waals surface area contributed by atoms with Gasteiger partial charge in [-0.25, -0.2) is 4.98 Å². The predicted octanol–water partition coefficient (Wildman–Crippen LogP) is 2.93. The number of hydrogen-bond donors (Lipinski definition) is 0. The molecule has 7 heteroatoms. The third kappa shape index (κ3) is 4.74. The van der Waals surface area contributed by atoms with E-state index in [4.69, 9.17) is 9.72 Å². The summed E-state index contributed by atoms with van der Waals surface area (Å²) in [6, 6.07) is 13.8. The number of rotatable bonds is 6. The van der Waals surface area contributed by atoms with Crippen molar-refractivity contribution in [2.75, 3.05) is 32.8 Å². The molecule has 144 valence electrons. The highest BCUT2D eigenvalue weighted by Crippen LogP contribution is 2.22. The fourth-order valence-corrected chi connectivity index (χ4v) is 3.99. The van der Waals surface area contributed by atoms with Crippen molar-refractivity contribution < 1.29 is 9.53 Å². The second-order valence-electron chi connectivity index (χ2n) is 6.63. The quantitative estimate of drug-likeness (QED) is 0.643. The summed E-state index contributed by atoms with van der Waals surface area (Å²) in [4.78, 5) is 25.3. The van der Waals surface area contributed by atoms with E-state index in [1.54, 1.807) is 35.9 Å². The fourth-order valence-electron chi connectivity index (χ4n) is 3.14. The lowest BCUT2D eigenvalue weighted by Gasteiger charge is -2.34. The summed E-state index contributed by atoms with van der Waals surface area (Å²) >= 11 is 1.69. The Hall–Kier alpha value is -2.77. The Kier molecular flexibility index (Phi) is 5.94. The van der Waals surface area contributed by atoms with Gasteiger partial charge in [-0.05, 0) is 12.1 Å². The molecule has 0 bridgehead atoms. The van der Waals surface area contributed by atoms with E-state index in [0.29, 0.717) is 18.8 Å². The van der Waals surface area contributed by atoms with Gasteiger partial charge in [-0.2, -0.15) is 0 Å². The maximum atomic E-state index is 12.3. The number of nitrogens with zero attached hydrogens (tertiary/aromatic N) is 4. The molecule has 1 fully saturated rings. The van der Waals surface area contributed by atoms with Gasteiger partial charge in [-0.15, -0.1) is 11.3 Å². The van der Waals surface area contributed by atoms with Gasteiger partial charge in [0.25, 0.3) is 5.91 Å². The van der Waals surface area contributed by atoms with Gasteiger partial charge in [0, 0.05) is 43.3 Å². The monoisotopic (exact) mass is 394 g/mol. The van der Waals surface area contributed by atoms with Crippen LogP contribution in [0, 0.1) is 0 Å². The highest BCUT2D eigenvalue weighted by molar-refractivity contribution is 7.09. The molecular formula is C21H22N4O2S. The van der Waals surface area contributed by atoms with E-state index >= 15 is 0 Å². The minimum Gasteiger partial charge on any atom is -0.482 e. The van der Waals surface area contributed by atoms with Crippen molar-refractivity contribution in [3.63, 3.8) is 0 Å². The fraction of sp³-hybridized carbons (Fsp3) is 0.286. The maximum absolute atomic E-state index is 12.3. The van der Waals surface area contributed by atoms with E-state index in [2.05, 4.69) is 27.4 Å². The third-order valence-electron chi connectivity index (χ3n) is 4.70. The first-order valence-corrected chi connectivity index (χ1v) is 10.2. The van der Waals surface area contributed by atoms with Crippen LogP contribution in [-0.2, 0) is 11.3 Å². The molecule has 1 amide bonds. The van der Waals surface area contributed by atoms with E-state index in [9.17, 15) is 4.79 Å². The number of amides is 1. The lowest BCUT2D eigenvalue weighted by molar-refractivity contribution is -0.135.